The molecule has 0 atom stereocenters. The number of rotatable bonds is 7. The van der Waals surface area contributed by atoms with E-state index in [1.54, 1.807) is 0 Å². The van der Waals surface area contributed by atoms with Crippen LogP contribution in [-0.4, -0.2) is 18.3 Å². The van der Waals surface area contributed by atoms with E-state index in [9.17, 15) is 0 Å². The van der Waals surface area contributed by atoms with Gasteiger partial charge in [-0.25, -0.2) is 0 Å². The topological polar surface area (TPSA) is 29.5 Å². The molecular weight excluding hydrogens is 260 g/mol. The lowest BCUT2D eigenvalue weighted by molar-refractivity contribution is 0.299. The van der Waals surface area contributed by atoms with Gasteiger partial charge in [0.25, 0.3) is 0 Å². The van der Waals surface area contributed by atoms with E-state index >= 15 is 0 Å². The average Bonchev–Trinajstić information content (AvgIpc) is 2.56. The molecule has 0 saturated carbocycles. The van der Waals surface area contributed by atoms with Crippen LogP contribution in [0.4, 0.5) is 0 Å². The Kier molecular flexibility index (Phi) is 8.98. The lowest BCUT2D eigenvalue weighted by Gasteiger charge is -2.07. The zero-order chi connectivity index (χ0) is 15.3. The molecule has 2 heteroatoms. The summed E-state index contributed by atoms with van der Waals surface area (Å²) in [7, 11) is 0. The second kappa shape index (κ2) is 10.9. The first-order valence-electron chi connectivity index (χ1n) is 7.75. The van der Waals surface area contributed by atoms with Gasteiger partial charge >= 0.3 is 0 Å². The molecule has 0 aliphatic carbocycles. The van der Waals surface area contributed by atoms with Crippen LogP contribution in [0.3, 0.4) is 0 Å². The van der Waals surface area contributed by atoms with Gasteiger partial charge in [-0.15, -0.1) is 0 Å². The summed E-state index contributed by atoms with van der Waals surface area (Å²) in [5.41, 5.74) is 2.49. The van der Waals surface area contributed by atoms with Crippen LogP contribution >= 0.6 is 0 Å². The quantitative estimate of drug-likeness (QED) is 0.771. The van der Waals surface area contributed by atoms with Crippen molar-refractivity contribution in [3.8, 4) is 5.75 Å². The molecule has 0 unspecified atom stereocenters. The van der Waals surface area contributed by atoms with Crippen LogP contribution in [0.15, 0.2) is 54.6 Å². The molecule has 2 rings (SSSR count). The summed E-state index contributed by atoms with van der Waals surface area (Å²) in [5, 5.41) is 8.84. The van der Waals surface area contributed by atoms with Crippen LogP contribution in [0.1, 0.15) is 31.4 Å². The van der Waals surface area contributed by atoms with E-state index in [0.29, 0.717) is 6.42 Å². The molecule has 21 heavy (non-hydrogen) atoms. The average molecular weight is 286 g/mol. The number of hydrogen-bond donors (Lipinski definition) is 1. The summed E-state index contributed by atoms with van der Waals surface area (Å²) in [6.45, 7) is 4.92. The fourth-order valence-electron chi connectivity index (χ4n) is 1.99. The number of ether oxygens (including phenoxy) is 1. The number of benzene rings is 2. The van der Waals surface area contributed by atoms with Crippen LogP contribution in [0.25, 0.3) is 0 Å². The zero-order valence-electron chi connectivity index (χ0n) is 13.1. The van der Waals surface area contributed by atoms with Gasteiger partial charge in [0.2, 0.25) is 0 Å². The molecule has 0 radical (unpaired) electrons. The molecule has 0 saturated heterocycles. The summed E-state index contributed by atoms with van der Waals surface area (Å²) >= 11 is 0. The summed E-state index contributed by atoms with van der Waals surface area (Å²) in [6, 6.07) is 18.4. The van der Waals surface area contributed by atoms with E-state index in [-0.39, 0.29) is 6.61 Å². The lowest BCUT2D eigenvalue weighted by Crippen LogP contribution is -1.99. The van der Waals surface area contributed by atoms with Crippen LogP contribution < -0.4 is 4.74 Å². The van der Waals surface area contributed by atoms with E-state index in [1.165, 1.54) is 5.56 Å². The first-order chi connectivity index (χ1) is 10.4. The van der Waals surface area contributed by atoms with Crippen molar-refractivity contribution >= 4 is 0 Å². The van der Waals surface area contributed by atoms with E-state index in [4.69, 9.17) is 9.84 Å². The number of hydrogen-bond acceptors (Lipinski definition) is 2. The minimum absolute atomic E-state index is 0.192. The molecule has 0 aliphatic heterocycles. The van der Waals surface area contributed by atoms with Crippen molar-refractivity contribution < 1.29 is 9.84 Å². The maximum atomic E-state index is 8.84. The van der Waals surface area contributed by atoms with E-state index in [0.717, 1.165) is 30.8 Å². The Hall–Kier alpha value is -1.80. The Balaban J connectivity index is 0.00000106. The predicted molar refractivity (Wildman–Crippen MR) is 88.8 cm³/mol. The zero-order valence-corrected chi connectivity index (χ0v) is 13.1. The molecule has 1 N–H and O–H groups in total. The molecule has 0 amide bonds. The molecule has 2 aromatic rings. The van der Waals surface area contributed by atoms with Crippen LogP contribution in [0.2, 0.25) is 0 Å². The normalized spacial score (nSPS) is 9.67. The molecule has 2 nitrogen and oxygen atoms in total. The van der Waals surface area contributed by atoms with Gasteiger partial charge in [-0.1, -0.05) is 56.3 Å². The smallest absolute Gasteiger partial charge is 0.119 e. The second-order valence-electron chi connectivity index (χ2n) is 4.56. The van der Waals surface area contributed by atoms with E-state index in [2.05, 4.69) is 24.3 Å². The van der Waals surface area contributed by atoms with Crippen molar-refractivity contribution in [3.05, 3.63) is 65.7 Å². The monoisotopic (exact) mass is 286 g/mol. The Morgan fingerprint density at radius 3 is 2.05 bits per heavy atom. The Bertz CT molecular complexity index is 463. The highest BCUT2D eigenvalue weighted by molar-refractivity contribution is 5.27. The molecular formula is C19H26O2. The maximum absolute atomic E-state index is 8.84. The van der Waals surface area contributed by atoms with Gasteiger partial charge in [0.05, 0.1) is 6.61 Å². The molecule has 114 valence electrons. The standard InChI is InChI=1S/C17H20O2.C2H6/c18-13-12-16-8-10-17(11-9-16)19-14-4-7-15-5-2-1-3-6-15;1-2/h1-3,5-6,8-11,18H,4,7,12-14H2;1-2H3. The highest BCUT2D eigenvalue weighted by atomic mass is 16.5. The predicted octanol–water partition coefficient (Wildman–Crippen LogP) is 4.26. The second-order valence-corrected chi connectivity index (χ2v) is 4.56. The summed E-state index contributed by atoms with van der Waals surface area (Å²) in [4.78, 5) is 0. The van der Waals surface area contributed by atoms with E-state index < -0.39 is 0 Å². The van der Waals surface area contributed by atoms with Crippen molar-refractivity contribution in [1.29, 1.82) is 0 Å². The summed E-state index contributed by atoms with van der Waals surface area (Å²) in [5.74, 6) is 0.898. The van der Waals surface area contributed by atoms with Crippen molar-refractivity contribution in [3.63, 3.8) is 0 Å². The Morgan fingerprint density at radius 2 is 1.43 bits per heavy atom. The van der Waals surface area contributed by atoms with E-state index in [1.807, 2.05) is 44.2 Å². The maximum Gasteiger partial charge on any atom is 0.119 e. The van der Waals surface area contributed by atoms with Gasteiger partial charge in [0.1, 0.15) is 5.75 Å². The van der Waals surface area contributed by atoms with Gasteiger partial charge in [0.15, 0.2) is 0 Å². The van der Waals surface area contributed by atoms with Crippen LogP contribution in [0.5, 0.6) is 5.75 Å². The molecule has 0 aromatic heterocycles. The molecule has 2 aromatic carbocycles. The first-order valence-corrected chi connectivity index (χ1v) is 7.75. The molecule has 0 fully saturated rings. The minimum Gasteiger partial charge on any atom is -0.494 e. The lowest BCUT2D eigenvalue weighted by atomic mass is 10.1. The van der Waals surface area contributed by atoms with Crippen molar-refractivity contribution in [2.75, 3.05) is 13.2 Å². The van der Waals surface area contributed by atoms with Gasteiger partial charge < -0.3 is 9.84 Å². The largest absolute Gasteiger partial charge is 0.494 e. The summed E-state index contributed by atoms with van der Waals surface area (Å²) in [6.07, 6.45) is 2.76. The number of aliphatic hydroxyl groups is 1. The third-order valence-electron chi connectivity index (χ3n) is 3.05. The van der Waals surface area contributed by atoms with Gasteiger partial charge in [-0.2, -0.15) is 0 Å². The third-order valence-corrected chi connectivity index (χ3v) is 3.05. The molecule has 0 aliphatic rings. The fraction of sp³-hybridized carbons (Fsp3) is 0.368. The van der Waals surface area contributed by atoms with Crippen molar-refractivity contribution in [2.45, 2.75) is 33.1 Å². The van der Waals surface area contributed by atoms with Crippen molar-refractivity contribution in [2.24, 2.45) is 0 Å². The number of aliphatic hydroxyl groups excluding tert-OH is 1. The van der Waals surface area contributed by atoms with Crippen LogP contribution in [-0.2, 0) is 12.8 Å². The Labute approximate surface area is 128 Å². The third kappa shape index (κ3) is 6.96. The molecule has 0 spiro atoms. The number of aryl methyl sites for hydroxylation is 1. The van der Waals surface area contributed by atoms with Gasteiger partial charge in [-0.05, 0) is 42.5 Å². The molecule has 0 bridgehead atoms. The van der Waals surface area contributed by atoms with Crippen molar-refractivity contribution in [1.82, 2.24) is 0 Å². The molecule has 0 heterocycles. The van der Waals surface area contributed by atoms with Gasteiger partial charge in [-0.3, -0.25) is 0 Å². The minimum atomic E-state index is 0.192. The first kappa shape index (κ1) is 17.3. The fourth-order valence-corrected chi connectivity index (χ4v) is 1.99. The Morgan fingerprint density at radius 1 is 0.810 bits per heavy atom. The summed E-state index contributed by atoms with van der Waals surface area (Å²) < 4.78 is 5.70. The highest BCUT2D eigenvalue weighted by Crippen LogP contribution is 2.13. The SMILES string of the molecule is CC.OCCc1ccc(OCCCc2ccccc2)cc1. The van der Waals surface area contributed by atoms with Crippen LogP contribution in [0, 0.1) is 0 Å². The highest BCUT2D eigenvalue weighted by Gasteiger charge is 1.96. The van der Waals surface area contributed by atoms with Gasteiger partial charge in [0, 0.05) is 6.61 Å².